The molecule has 1 nitrogen and oxygen atoms in total. The van der Waals surface area contributed by atoms with Gasteiger partial charge in [0.15, 0.2) is 0 Å². The van der Waals surface area contributed by atoms with Crippen molar-refractivity contribution in [2.24, 2.45) is 5.92 Å². The van der Waals surface area contributed by atoms with Crippen LogP contribution < -0.4 is 4.90 Å². The van der Waals surface area contributed by atoms with Gasteiger partial charge in [0, 0.05) is 18.8 Å². The number of hydrogen-bond donors (Lipinski definition) is 0. The van der Waals surface area contributed by atoms with Crippen LogP contribution in [0.15, 0.2) is 24.3 Å². The molecule has 0 unspecified atom stereocenters. The number of nitrogens with zero attached hydrogens (tertiary/aromatic N) is 1. The second-order valence-corrected chi connectivity index (χ2v) is 4.16. The van der Waals surface area contributed by atoms with E-state index >= 15 is 0 Å². The Kier molecular flexibility index (Phi) is 2.03. The minimum atomic E-state index is 0.662. The molecule has 0 aliphatic carbocycles. The van der Waals surface area contributed by atoms with Crippen molar-refractivity contribution in [2.45, 2.75) is 26.3 Å². The molecular weight excluding hydrogens is 158 g/mol. The third-order valence-corrected chi connectivity index (χ3v) is 3.35. The monoisotopic (exact) mass is 175 g/mol. The van der Waals surface area contributed by atoms with Crippen molar-refractivity contribution in [2.75, 3.05) is 11.9 Å². The Bertz CT molecular complexity index is 306. The first-order chi connectivity index (χ1) is 6.20. The molecule has 1 aromatic rings. The highest BCUT2D eigenvalue weighted by atomic mass is 15.1. The minimum absolute atomic E-state index is 0.662. The highest BCUT2D eigenvalue weighted by Crippen LogP contribution is 2.31. The zero-order valence-corrected chi connectivity index (χ0v) is 8.62. The van der Waals surface area contributed by atoms with E-state index in [4.69, 9.17) is 0 Å². The van der Waals surface area contributed by atoms with Crippen molar-refractivity contribution >= 4 is 5.69 Å². The average molecular weight is 175 g/mol. The van der Waals surface area contributed by atoms with Crippen LogP contribution in [0.3, 0.4) is 0 Å². The summed E-state index contributed by atoms with van der Waals surface area (Å²) in [6, 6.07) is 9.38. The molecule has 0 aromatic heterocycles. The Morgan fingerprint density at radius 3 is 2.69 bits per heavy atom. The summed E-state index contributed by atoms with van der Waals surface area (Å²) in [4.78, 5) is 2.39. The van der Waals surface area contributed by atoms with Crippen LogP contribution in [0.5, 0.6) is 0 Å². The Labute approximate surface area is 80.4 Å². The highest BCUT2D eigenvalue weighted by Gasteiger charge is 2.25. The lowest BCUT2D eigenvalue weighted by molar-refractivity contribution is 0.443. The van der Waals surface area contributed by atoms with Gasteiger partial charge in [-0.25, -0.2) is 0 Å². The molecule has 0 saturated heterocycles. The molecule has 2 atom stereocenters. The van der Waals surface area contributed by atoms with E-state index in [9.17, 15) is 0 Å². The summed E-state index contributed by atoms with van der Waals surface area (Å²) in [6.45, 7) is 4.64. The van der Waals surface area contributed by atoms with Gasteiger partial charge < -0.3 is 4.90 Å². The summed E-state index contributed by atoms with van der Waals surface area (Å²) < 4.78 is 0. The molecule has 0 radical (unpaired) electrons. The van der Waals surface area contributed by atoms with Gasteiger partial charge in [-0.2, -0.15) is 0 Å². The number of para-hydroxylation sites is 1. The lowest BCUT2D eigenvalue weighted by atomic mass is 9.88. The van der Waals surface area contributed by atoms with Gasteiger partial charge in [-0.15, -0.1) is 0 Å². The van der Waals surface area contributed by atoms with Gasteiger partial charge in [-0.05, 0) is 30.9 Å². The summed E-state index contributed by atoms with van der Waals surface area (Å²) in [7, 11) is 2.19. The van der Waals surface area contributed by atoms with E-state index in [1.165, 1.54) is 17.7 Å². The molecule has 1 heteroatoms. The SMILES string of the molecule is C[C@@H]1Cc2ccccc2N(C)[C@H]1C. The van der Waals surface area contributed by atoms with Crippen LogP contribution in [-0.4, -0.2) is 13.1 Å². The van der Waals surface area contributed by atoms with Gasteiger partial charge in [0.05, 0.1) is 0 Å². The van der Waals surface area contributed by atoms with E-state index in [0.29, 0.717) is 6.04 Å². The molecule has 2 rings (SSSR count). The predicted octanol–water partition coefficient (Wildman–Crippen LogP) is 2.70. The van der Waals surface area contributed by atoms with Crippen molar-refractivity contribution < 1.29 is 0 Å². The second kappa shape index (κ2) is 3.06. The van der Waals surface area contributed by atoms with Crippen LogP contribution in [0.2, 0.25) is 0 Å². The highest BCUT2D eigenvalue weighted by molar-refractivity contribution is 5.55. The summed E-state index contributed by atoms with van der Waals surface area (Å²) in [5.41, 5.74) is 2.91. The molecule has 0 spiro atoms. The van der Waals surface area contributed by atoms with E-state index in [2.05, 4.69) is 50.1 Å². The number of fused-ring (bicyclic) bond motifs is 1. The van der Waals surface area contributed by atoms with Crippen molar-refractivity contribution in [3.63, 3.8) is 0 Å². The Balaban J connectivity index is 2.43. The van der Waals surface area contributed by atoms with Crippen molar-refractivity contribution in [3.05, 3.63) is 29.8 Å². The van der Waals surface area contributed by atoms with Crippen molar-refractivity contribution in [1.82, 2.24) is 0 Å². The van der Waals surface area contributed by atoms with Gasteiger partial charge in [-0.3, -0.25) is 0 Å². The van der Waals surface area contributed by atoms with E-state index in [-0.39, 0.29) is 0 Å². The summed E-state index contributed by atoms with van der Waals surface area (Å²) in [5, 5.41) is 0. The first kappa shape index (κ1) is 8.61. The average Bonchev–Trinajstić information content (AvgIpc) is 2.15. The molecule has 70 valence electrons. The minimum Gasteiger partial charge on any atom is -0.371 e. The van der Waals surface area contributed by atoms with E-state index in [0.717, 1.165) is 5.92 Å². The third-order valence-electron chi connectivity index (χ3n) is 3.35. The Morgan fingerprint density at radius 2 is 1.92 bits per heavy atom. The molecule has 0 bridgehead atoms. The maximum atomic E-state index is 2.39. The van der Waals surface area contributed by atoms with Crippen LogP contribution in [0.25, 0.3) is 0 Å². The first-order valence-corrected chi connectivity index (χ1v) is 5.01. The fourth-order valence-corrected chi connectivity index (χ4v) is 2.15. The van der Waals surface area contributed by atoms with Crippen LogP contribution >= 0.6 is 0 Å². The molecule has 0 amide bonds. The van der Waals surface area contributed by atoms with E-state index < -0.39 is 0 Å². The number of benzene rings is 1. The molecule has 0 saturated carbocycles. The lowest BCUT2D eigenvalue weighted by Gasteiger charge is -2.38. The van der Waals surface area contributed by atoms with Crippen LogP contribution in [0.4, 0.5) is 5.69 Å². The van der Waals surface area contributed by atoms with Gasteiger partial charge >= 0.3 is 0 Å². The van der Waals surface area contributed by atoms with Crippen molar-refractivity contribution in [1.29, 1.82) is 0 Å². The largest absolute Gasteiger partial charge is 0.371 e. The van der Waals surface area contributed by atoms with Gasteiger partial charge in [0.1, 0.15) is 0 Å². The molecule has 1 aliphatic heterocycles. The van der Waals surface area contributed by atoms with E-state index in [1.54, 1.807) is 0 Å². The van der Waals surface area contributed by atoms with Crippen LogP contribution in [-0.2, 0) is 6.42 Å². The fourth-order valence-electron chi connectivity index (χ4n) is 2.15. The number of rotatable bonds is 0. The maximum absolute atomic E-state index is 2.39. The van der Waals surface area contributed by atoms with Crippen LogP contribution in [0, 0.1) is 5.92 Å². The first-order valence-electron chi connectivity index (χ1n) is 5.01. The zero-order chi connectivity index (χ0) is 9.42. The molecule has 1 aromatic carbocycles. The molecule has 1 heterocycles. The van der Waals surface area contributed by atoms with Crippen molar-refractivity contribution in [3.8, 4) is 0 Å². The number of anilines is 1. The molecule has 13 heavy (non-hydrogen) atoms. The Hall–Kier alpha value is -0.980. The Morgan fingerprint density at radius 1 is 1.23 bits per heavy atom. The van der Waals surface area contributed by atoms with Gasteiger partial charge in [0.2, 0.25) is 0 Å². The molecule has 0 N–H and O–H groups in total. The quantitative estimate of drug-likeness (QED) is 0.586. The predicted molar refractivity (Wildman–Crippen MR) is 57.2 cm³/mol. The van der Waals surface area contributed by atoms with Gasteiger partial charge in [0.25, 0.3) is 0 Å². The van der Waals surface area contributed by atoms with Crippen LogP contribution in [0.1, 0.15) is 19.4 Å². The summed E-state index contributed by atoms with van der Waals surface area (Å²) in [6.07, 6.45) is 1.22. The molecular formula is C12H17N. The summed E-state index contributed by atoms with van der Waals surface area (Å²) >= 11 is 0. The number of hydrogen-bond acceptors (Lipinski definition) is 1. The fraction of sp³-hybridized carbons (Fsp3) is 0.500. The standard InChI is InChI=1S/C12H17N/c1-9-8-11-6-4-5-7-12(11)13(3)10(9)2/h4-7,9-10H,8H2,1-3H3/t9-,10+/m1/s1. The summed E-state index contributed by atoms with van der Waals surface area (Å²) in [5.74, 6) is 0.764. The second-order valence-electron chi connectivity index (χ2n) is 4.16. The van der Waals surface area contributed by atoms with Gasteiger partial charge in [-0.1, -0.05) is 25.1 Å². The smallest absolute Gasteiger partial charge is 0.0398 e. The third kappa shape index (κ3) is 1.32. The normalized spacial score (nSPS) is 27.2. The lowest BCUT2D eigenvalue weighted by Crippen LogP contribution is -2.39. The molecule has 1 aliphatic rings. The maximum Gasteiger partial charge on any atom is 0.0398 e. The molecule has 0 fully saturated rings. The zero-order valence-electron chi connectivity index (χ0n) is 8.62. The topological polar surface area (TPSA) is 3.24 Å². The van der Waals surface area contributed by atoms with E-state index in [1.807, 2.05) is 0 Å².